The van der Waals surface area contributed by atoms with Crippen LogP contribution in [0.5, 0.6) is 0 Å². The van der Waals surface area contributed by atoms with Gasteiger partial charge in [0.15, 0.2) is 0 Å². The Balaban J connectivity index is 2.02. The molecule has 2 heteroatoms. The van der Waals surface area contributed by atoms with E-state index in [0.29, 0.717) is 6.04 Å². The van der Waals surface area contributed by atoms with Gasteiger partial charge in [0.2, 0.25) is 0 Å². The average Bonchev–Trinajstić information content (AvgIpc) is 2.39. The van der Waals surface area contributed by atoms with Crippen molar-refractivity contribution in [3.63, 3.8) is 0 Å². The van der Waals surface area contributed by atoms with Crippen LogP contribution in [0.25, 0.3) is 0 Å². The summed E-state index contributed by atoms with van der Waals surface area (Å²) >= 11 is 0. The van der Waals surface area contributed by atoms with Crippen molar-refractivity contribution < 1.29 is 0 Å². The van der Waals surface area contributed by atoms with Gasteiger partial charge in [-0.25, -0.2) is 0 Å². The molecule has 0 unspecified atom stereocenters. The van der Waals surface area contributed by atoms with Gasteiger partial charge in [0.1, 0.15) is 0 Å². The first-order valence-corrected chi connectivity index (χ1v) is 7.66. The van der Waals surface area contributed by atoms with Gasteiger partial charge in [-0.3, -0.25) is 4.90 Å². The zero-order chi connectivity index (χ0) is 13.8. The Labute approximate surface area is 118 Å². The summed E-state index contributed by atoms with van der Waals surface area (Å²) in [5.41, 5.74) is 10.3. The van der Waals surface area contributed by atoms with Crippen molar-refractivity contribution in [2.24, 2.45) is 5.73 Å². The smallest absolute Gasteiger partial charge is 0.0239 e. The number of benzene rings is 1. The van der Waals surface area contributed by atoms with Crippen molar-refractivity contribution >= 4 is 0 Å². The van der Waals surface area contributed by atoms with E-state index < -0.39 is 0 Å². The van der Waals surface area contributed by atoms with Crippen LogP contribution in [0.3, 0.4) is 0 Å². The average molecular weight is 260 g/mol. The highest BCUT2D eigenvalue weighted by molar-refractivity contribution is 5.30. The molecule has 0 aromatic heterocycles. The summed E-state index contributed by atoms with van der Waals surface area (Å²) in [5.74, 6) is 0. The van der Waals surface area contributed by atoms with Gasteiger partial charge >= 0.3 is 0 Å². The van der Waals surface area contributed by atoms with Gasteiger partial charge in [-0.05, 0) is 57.2 Å². The zero-order valence-corrected chi connectivity index (χ0v) is 12.7. The molecule has 1 aromatic carbocycles. The lowest BCUT2D eigenvalue weighted by atomic mass is 9.90. The standard InChI is InChI=1S/C17H28N2/c1-4-19(17-9-7-16(18)8-10-17)12-15-6-5-13(2)11-14(15)3/h5-6,11,16-17H,4,7-10,12,18H2,1-3H3. The van der Waals surface area contributed by atoms with Gasteiger partial charge in [0, 0.05) is 18.6 Å². The summed E-state index contributed by atoms with van der Waals surface area (Å²) in [4.78, 5) is 2.63. The summed E-state index contributed by atoms with van der Waals surface area (Å²) in [6.07, 6.45) is 4.90. The van der Waals surface area contributed by atoms with Crippen LogP contribution in [0.2, 0.25) is 0 Å². The van der Waals surface area contributed by atoms with Crippen molar-refractivity contribution in [2.45, 2.75) is 65.1 Å². The summed E-state index contributed by atoms with van der Waals surface area (Å²) in [6.45, 7) is 8.89. The van der Waals surface area contributed by atoms with Gasteiger partial charge in [-0.15, -0.1) is 0 Å². The second-order valence-electron chi connectivity index (χ2n) is 6.06. The molecule has 0 radical (unpaired) electrons. The maximum Gasteiger partial charge on any atom is 0.0239 e. The van der Waals surface area contributed by atoms with E-state index in [1.165, 1.54) is 42.4 Å². The van der Waals surface area contributed by atoms with Gasteiger partial charge in [0.25, 0.3) is 0 Å². The van der Waals surface area contributed by atoms with E-state index >= 15 is 0 Å². The van der Waals surface area contributed by atoms with Crippen LogP contribution in [-0.4, -0.2) is 23.5 Å². The molecular weight excluding hydrogens is 232 g/mol. The molecule has 2 rings (SSSR count). The minimum atomic E-state index is 0.441. The molecule has 0 aliphatic heterocycles. The third-order valence-electron chi connectivity index (χ3n) is 4.54. The van der Waals surface area contributed by atoms with E-state index in [0.717, 1.165) is 19.1 Å². The Bertz CT molecular complexity index is 406. The largest absolute Gasteiger partial charge is 0.328 e. The van der Waals surface area contributed by atoms with Crippen LogP contribution >= 0.6 is 0 Å². The molecule has 1 aliphatic carbocycles. The second-order valence-corrected chi connectivity index (χ2v) is 6.06. The SMILES string of the molecule is CCN(Cc1ccc(C)cc1C)C1CCC(N)CC1. The molecule has 1 fully saturated rings. The number of rotatable bonds is 4. The lowest BCUT2D eigenvalue weighted by molar-refractivity contribution is 0.149. The van der Waals surface area contributed by atoms with E-state index in [-0.39, 0.29) is 0 Å². The molecule has 0 spiro atoms. The van der Waals surface area contributed by atoms with Crippen molar-refractivity contribution in [3.8, 4) is 0 Å². The van der Waals surface area contributed by atoms with E-state index in [1.54, 1.807) is 0 Å². The Morgan fingerprint density at radius 3 is 2.42 bits per heavy atom. The Kier molecular flexibility index (Phi) is 5.00. The molecule has 19 heavy (non-hydrogen) atoms. The molecule has 106 valence electrons. The molecule has 1 aromatic rings. The minimum Gasteiger partial charge on any atom is -0.328 e. The quantitative estimate of drug-likeness (QED) is 0.899. The predicted octanol–water partition coefficient (Wildman–Crippen LogP) is 3.40. The molecule has 0 saturated heterocycles. The number of hydrogen-bond acceptors (Lipinski definition) is 2. The Morgan fingerprint density at radius 1 is 1.16 bits per heavy atom. The van der Waals surface area contributed by atoms with Gasteiger partial charge in [-0.2, -0.15) is 0 Å². The van der Waals surface area contributed by atoms with E-state index in [2.05, 4.69) is 43.9 Å². The molecule has 2 N–H and O–H groups in total. The predicted molar refractivity (Wildman–Crippen MR) is 82.2 cm³/mol. The lowest BCUT2D eigenvalue weighted by Gasteiger charge is -2.35. The zero-order valence-electron chi connectivity index (χ0n) is 12.7. The van der Waals surface area contributed by atoms with Crippen molar-refractivity contribution in [2.75, 3.05) is 6.54 Å². The third kappa shape index (κ3) is 3.80. The van der Waals surface area contributed by atoms with Crippen molar-refractivity contribution in [3.05, 3.63) is 34.9 Å². The highest BCUT2D eigenvalue weighted by Crippen LogP contribution is 2.24. The van der Waals surface area contributed by atoms with Crippen LogP contribution < -0.4 is 5.73 Å². The molecule has 0 bridgehead atoms. The monoisotopic (exact) mass is 260 g/mol. The van der Waals surface area contributed by atoms with E-state index in [9.17, 15) is 0 Å². The molecular formula is C17H28N2. The highest BCUT2D eigenvalue weighted by Gasteiger charge is 2.23. The molecule has 0 atom stereocenters. The second kappa shape index (κ2) is 6.53. The topological polar surface area (TPSA) is 29.3 Å². The summed E-state index contributed by atoms with van der Waals surface area (Å²) in [7, 11) is 0. The number of nitrogens with two attached hydrogens (primary N) is 1. The first kappa shape index (κ1) is 14.5. The molecule has 0 amide bonds. The fourth-order valence-electron chi connectivity index (χ4n) is 3.21. The third-order valence-corrected chi connectivity index (χ3v) is 4.54. The van der Waals surface area contributed by atoms with Crippen LogP contribution in [0.4, 0.5) is 0 Å². The van der Waals surface area contributed by atoms with Gasteiger partial charge in [-0.1, -0.05) is 30.7 Å². The van der Waals surface area contributed by atoms with Crippen LogP contribution in [0, 0.1) is 13.8 Å². The lowest BCUT2D eigenvalue weighted by Crippen LogP contribution is -2.40. The van der Waals surface area contributed by atoms with Crippen LogP contribution in [0.15, 0.2) is 18.2 Å². The first-order chi connectivity index (χ1) is 9.10. The fourth-order valence-corrected chi connectivity index (χ4v) is 3.21. The summed E-state index contributed by atoms with van der Waals surface area (Å²) in [6, 6.07) is 7.98. The molecule has 1 aliphatic rings. The van der Waals surface area contributed by atoms with Gasteiger partial charge in [0.05, 0.1) is 0 Å². The first-order valence-electron chi connectivity index (χ1n) is 7.66. The highest BCUT2D eigenvalue weighted by atomic mass is 15.1. The molecule has 2 nitrogen and oxygen atoms in total. The number of hydrogen-bond donors (Lipinski definition) is 1. The molecule has 1 saturated carbocycles. The number of nitrogens with zero attached hydrogens (tertiary/aromatic N) is 1. The maximum atomic E-state index is 6.01. The maximum absolute atomic E-state index is 6.01. The number of aryl methyl sites for hydroxylation is 2. The summed E-state index contributed by atoms with van der Waals surface area (Å²) < 4.78 is 0. The summed E-state index contributed by atoms with van der Waals surface area (Å²) in [5, 5.41) is 0. The fraction of sp³-hybridized carbons (Fsp3) is 0.647. The van der Waals surface area contributed by atoms with E-state index in [1.807, 2.05) is 0 Å². The normalized spacial score (nSPS) is 23.8. The van der Waals surface area contributed by atoms with E-state index in [4.69, 9.17) is 5.73 Å². The Hall–Kier alpha value is -0.860. The molecule has 0 heterocycles. The Morgan fingerprint density at radius 2 is 1.84 bits per heavy atom. The van der Waals surface area contributed by atoms with Gasteiger partial charge < -0.3 is 5.73 Å². The van der Waals surface area contributed by atoms with Crippen molar-refractivity contribution in [1.82, 2.24) is 4.90 Å². The van der Waals surface area contributed by atoms with Crippen LogP contribution in [0.1, 0.15) is 49.3 Å². The minimum absolute atomic E-state index is 0.441. The van der Waals surface area contributed by atoms with Crippen molar-refractivity contribution in [1.29, 1.82) is 0 Å². The van der Waals surface area contributed by atoms with Crippen LogP contribution in [-0.2, 0) is 6.54 Å².